The van der Waals surface area contributed by atoms with Crippen molar-refractivity contribution in [2.24, 2.45) is 5.92 Å². The third kappa shape index (κ3) is 4.62. The third-order valence-corrected chi connectivity index (χ3v) is 2.75. The fraction of sp³-hybridized carbons (Fsp3) is 0.375. The van der Waals surface area contributed by atoms with E-state index in [-0.39, 0.29) is 6.61 Å². The summed E-state index contributed by atoms with van der Waals surface area (Å²) in [7, 11) is 0. The van der Waals surface area contributed by atoms with Crippen LogP contribution in [0.5, 0.6) is 5.75 Å². The monoisotopic (exact) mass is 285 g/mol. The van der Waals surface area contributed by atoms with Gasteiger partial charge >= 0.3 is 0 Å². The second-order valence-electron chi connectivity index (χ2n) is 5.03. The van der Waals surface area contributed by atoms with Crippen molar-refractivity contribution in [2.75, 3.05) is 6.61 Å². The number of hydrogen-bond donors (Lipinski definition) is 1. The lowest BCUT2D eigenvalue weighted by molar-refractivity contribution is 0.282. The molecule has 21 heavy (non-hydrogen) atoms. The predicted molar refractivity (Wildman–Crippen MR) is 79.6 cm³/mol. The first kappa shape index (κ1) is 15.1. The highest BCUT2D eigenvalue weighted by Crippen LogP contribution is 2.14. The Bertz CT molecular complexity index is 638. The van der Waals surface area contributed by atoms with Gasteiger partial charge in [0.25, 0.3) is 0 Å². The molecular formula is C16H19N3O2. The van der Waals surface area contributed by atoms with Crippen molar-refractivity contribution in [1.29, 1.82) is 0 Å². The fourth-order valence-electron chi connectivity index (χ4n) is 1.85. The number of benzene rings is 1. The Morgan fingerprint density at radius 3 is 3.00 bits per heavy atom. The van der Waals surface area contributed by atoms with Gasteiger partial charge < -0.3 is 9.84 Å². The molecule has 0 saturated carbocycles. The Hall–Kier alpha value is -2.32. The molecule has 0 aliphatic rings. The highest BCUT2D eigenvalue weighted by Gasteiger charge is 2.07. The van der Waals surface area contributed by atoms with Crippen molar-refractivity contribution < 1.29 is 9.84 Å². The molecule has 0 atom stereocenters. The molecule has 1 aromatic heterocycles. The lowest BCUT2D eigenvalue weighted by Gasteiger charge is -2.10. The normalized spacial score (nSPS) is 10.3. The van der Waals surface area contributed by atoms with Gasteiger partial charge in [-0.3, -0.25) is 0 Å². The summed E-state index contributed by atoms with van der Waals surface area (Å²) in [6.45, 7) is 5.30. The largest absolute Gasteiger partial charge is 0.486 e. The zero-order valence-corrected chi connectivity index (χ0v) is 12.3. The van der Waals surface area contributed by atoms with E-state index in [1.54, 1.807) is 6.33 Å². The van der Waals surface area contributed by atoms with Crippen LogP contribution in [0.3, 0.4) is 0 Å². The van der Waals surface area contributed by atoms with E-state index in [1.165, 1.54) is 0 Å². The topological polar surface area (TPSA) is 60.2 Å². The van der Waals surface area contributed by atoms with E-state index in [4.69, 9.17) is 9.84 Å². The van der Waals surface area contributed by atoms with Gasteiger partial charge in [-0.25, -0.2) is 9.67 Å². The average Bonchev–Trinajstić information content (AvgIpc) is 2.90. The summed E-state index contributed by atoms with van der Waals surface area (Å²) in [6.07, 6.45) is 1.55. The van der Waals surface area contributed by atoms with Crippen molar-refractivity contribution in [2.45, 2.75) is 27.0 Å². The maximum Gasteiger partial charge on any atom is 0.164 e. The van der Waals surface area contributed by atoms with Gasteiger partial charge in [0.2, 0.25) is 0 Å². The van der Waals surface area contributed by atoms with E-state index in [2.05, 4.69) is 35.8 Å². The van der Waals surface area contributed by atoms with Crippen LogP contribution < -0.4 is 4.74 Å². The maximum absolute atomic E-state index is 8.70. The smallest absolute Gasteiger partial charge is 0.164 e. The zero-order valence-electron chi connectivity index (χ0n) is 12.3. The summed E-state index contributed by atoms with van der Waals surface area (Å²) in [6, 6.07) is 7.45. The molecule has 2 aromatic rings. The average molecular weight is 285 g/mol. The van der Waals surface area contributed by atoms with Crippen LogP contribution in [0, 0.1) is 17.8 Å². The van der Waals surface area contributed by atoms with E-state index in [9.17, 15) is 0 Å². The Morgan fingerprint density at radius 1 is 1.38 bits per heavy atom. The molecule has 0 aliphatic carbocycles. The van der Waals surface area contributed by atoms with Crippen molar-refractivity contribution in [3.05, 3.63) is 42.0 Å². The van der Waals surface area contributed by atoms with Gasteiger partial charge in [-0.05, 0) is 24.1 Å². The molecule has 110 valence electrons. The summed E-state index contributed by atoms with van der Waals surface area (Å²) < 4.78 is 7.60. The van der Waals surface area contributed by atoms with Gasteiger partial charge in [0, 0.05) is 12.1 Å². The number of hydrogen-bond acceptors (Lipinski definition) is 4. The van der Waals surface area contributed by atoms with E-state index in [1.807, 2.05) is 28.9 Å². The molecule has 0 aliphatic heterocycles. The van der Waals surface area contributed by atoms with Crippen LogP contribution >= 0.6 is 0 Å². The lowest BCUT2D eigenvalue weighted by Crippen LogP contribution is -2.12. The van der Waals surface area contributed by atoms with Crippen LogP contribution in [0.2, 0.25) is 0 Å². The first-order valence-corrected chi connectivity index (χ1v) is 6.88. The Labute approximate surface area is 124 Å². The van der Waals surface area contributed by atoms with Gasteiger partial charge in [-0.15, -0.1) is 0 Å². The number of aromatic nitrogens is 3. The van der Waals surface area contributed by atoms with E-state index in [0.717, 1.165) is 23.7 Å². The molecule has 0 fully saturated rings. The van der Waals surface area contributed by atoms with Crippen molar-refractivity contribution in [3.8, 4) is 17.6 Å². The molecule has 0 saturated heterocycles. The minimum Gasteiger partial charge on any atom is -0.486 e. The maximum atomic E-state index is 8.70. The van der Waals surface area contributed by atoms with Crippen LogP contribution in [0.15, 0.2) is 30.6 Å². The van der Waals surface area contributed by atoms with Crippen molar-refractivity contribution >= 4 is 0 Å². The number of aliphatic hydroxyl groups is 1. The minimum atomic E-state index is -0.149. The number of nitrogens with zero attached hydrogens (tertiary/aromatic N) is 3. The van der Waals surface area contributed by atoms with Crippen LogP contribution in [-0.2, 0) is 13.2 Å². The summed E-state index contributed by atoms with van der Waals surface area (Å²) in [5.41, 5.74) is 0.810. The summed E-state index contributed by atoms with van der Waals surface area (Å²) in [4.78, 5) is 4.22. The molecule has 5 heteroatoms. The number of ether oxygens (including phenoxy) is 1. The predicted octanol–water partition coefficient (Wildman–Crippen LogP) is 1.86. The highest BCUT2D eigenvalue weighted by molar-refractivity contribution is 5.39. The quantitative estimate of drug-likeness (QED) is 0.852. The molecule has 5 nitrogen and oxygen atoms in total. The van der Waals surface area contributed by atoms with Gasteiger partial charge in [0.1, 0.15) is 25.3 Å². The van der Waals surface area contributed by atoms with Crippen LogP contribution in [0.1, 0.15) is 25.2 Å². The SMILES string of the molecule is CC(C)Cn1ncnc1COc1cccc(C#CCO)c1. The van der Waals surface area contributed by atoms with E-state index >= 15 is 0 Å². The Balaban J connectivity index is 2.01. The van der Waals surface area contributed by atoms with E-state index in [0.29, 0.717) is 12.5 Å². The van der Waals surface area contributed by atoms with Crippen LogP contribution in [0.4, 0.5) is 0 Å². The molecule has 1 heterocycles. The highest BCUT2D eigenvalue weighted by atomic mass is 16.5. The molecule has 0 amide bonds. The standard InChI is InChI=1S/C16H19N3O2/c1-13(2)10-19-16(17-12-18-19)11-21-15-7-3-5-14(9-15)6-4-8-20/h3,5,7,9,12-13,20H,8,10-11H2,1-2H3. The first-order valence-electron chi connectivity index (χ1n) is 6.88. The Kier molecular flexibility index (Phi) is 5.35. The van der Waals surface area contributed by atoms with Gasteiger partial charge in [0.05, 0.1) is 0 Å². The van der Waals surface area contributed by atoms with Gasteiger partial charge in [-0.2, -0.15) is 5.10 Å². The molecule has 0 spiro atoms. The van der Waals surface area contributed by atoms with E-state index < -0.39 is 0 Å². The van der Waals surface area contributed by atoms with Crippen LogP contribution in [-0.4, -0.2) is 26.5 Å². The van der Waals surface area contributed by atoms with Gasteiger partial charge in [-0.1, -0.05) is 31.8 Å². The lowest BCUT2D eigenvalue weighted by atomic mass is 10.2. The summed E-state index contributed by atoms with van der Waals surface area (Å²) in [5.74, 6) is 7.49. The third-order valence-electron chi connectivity index (χ3n) is 2.75. The number of aliphatic hydroxyl groups excluding tert-OH is 1. The van der Waals surface area contributed by atoms with Crippen molar-refractivity contribution in [1.82, 2.24) is 14.8 Å². The summed E-state index contributed by atoms with van der Waals surface area (Å²) in [5, 5.41) is 12.9. The second kappa shape index (κ2) is 7.46. The molecule has 1 aromatic carbocycles. The number of rotatable bonds is 5. The first-order chi connectivity index (χ1) is 10.2. The minimum absolute atomic E-state index is 0.149. The molecule has 2 rings (SSSR count). The summed E-state index contributed by atoms with van der Waals surface area (Å²) >= 11 is 0. The molecule has 0 radical (unpaired) electrons. The van der Waals surface area contributed by atoms with Crippen LogP contribution in [0.25, 0.3) is 0 Å². The molecule has 1 N–H and O–H groups in total. The molecule has 0 bridgehead atoms. The Morgan fingerprint density at radius 2 is 2.24 bits per heavy atom. The fourth-order valence-corrected chi connectivity index (χ4v) is 1.85. The van der Waals surface area contributed by atoms with Gasteiger partial charge in [0.15, 0.2) is 5.82 Å². The second-order valence-corrected chi connectivity index (χ2v) is 5.03. The van der Waals surface area contributed by atoms with Crippen molar-refractivity contribution in [3.63, 3.8) is 0 Å². The molecule has 0 unspecified atom stereocenters. The zero-order chi connectivity index (χ0) is 15.1. The molecular weight excluding hydrogens is 266 g/mol.